The number of rotatable bonds is 7. The summed E-state index contributed by atoms with van der Waals surface area (Å²) in [6.07, 6.45) is 0. The van der Waals surface area contributed by atoms with Crippen LogP contribution in [0.25, 0.3) is 0 Å². The maximum atomic E-state index is 11.3. The fourth-order valence-corrected chi connectivity index (χ4v) is 2.15. The van der Waals surface area contributed by atoms with E-state index in [1.54, 1.807) is 12.1 Å². The van der Waals surface area contributed by atoms with Crippen molar-refractivity contribution in [3.05, 3.63) is 47.5 Å². The van der Waals surface area contributed by atoms with Gasteiger partial charge in [-0.1, -0.05) is 0 Å². The average molecular weight is 420 g/mol. The van der Waals surface area contributed by atoms with Crippen molar-refractivity contribution in [2.24, 2.45) is 0 Å². The molecular weight excluding hydrogens is 396 g/mol. The number of Topliss-reactive ketones (excluding diaryl/α,β-unsaturated/α-hetero) is 1. The molecule has 1 N–H and O–H groups in total. The molecule has 2 aromatic carbocycles. The van der Waals surface area contributed by atoms with E-state index >= 15 is 0 Å². The van der Waals surface area contributed by atoms with Gasteiger partial charge >= 0.3 is 11.9 Å². The number of ether oxygens (including phenoxy) is 5. The zero-order valence-electron chi connectivity index (χ0n) is 17.4. The van der Waals surface area contributed by atoms with E-state index in [1.807, 2.05) is 0 Å². The van der Waals surface area contributed by atoms with Gasteiger partial charge in [-0.3, -0.25) is 4.79 Å². The number of hydrogen-bond acceptors (Lipinski definition) is 9. The fraction of sp³-hybridized carbons (Fsp3) is 0.286. The molecule has 0 saturated heterocycles. The number of aromatic hydroxyl groups is 1. The molecule has 30 heavy (non-hydrogen) atoms. The van der Waals surface area contributed by atoms with E-state index in [-0.39, 0.29) is 18.1 Å². The predicted octanol–water partition coefficient (Wildman–Crippen LogP) is 2.64. The summed E-state index contributed by atoms with van der Waals surface area (Å²) in [5.74, 6) is -0.0311. The zero-order chi connectivity index (χ0) is 22.7. The molecule has 2 rings (SSSR count). The number of ketones is 1. The first-order valence-electron chi connectivity index (χ1n) is 8.61. The molecule has 0 spiro atoms. The standard InChI is InChI=1S/C12H14O5.C9H10O4/c1-8(13)7-17-11-6-9(12(14)16-3)4-5-10(11)15-2;1-12-8-4-3-6(5-7(8)10)9(11)13-2/h4-6H,7H2,1-3H3;3-5,10H,1-2H3. The first kappa shape index (κ1) is 24.3. The number of phenols is 1. The summed E-state index contributed by atoms with van der Waals surface area (Å²) in [4.78, 5) is 33.1. The van der Waals surface area contributed by atoms with Crippen LogP contribution in [0.1, 0.15) is 27.6 Å². The highest BCUT2D eigenvalue weighted by Crippen LogP contribution is 2.28. The smallest absolute Gasteiger partial charge is 0.337 e. The molecule has 0 amide bonds. The Hall–Kier alpha value is -3.75. The second-order valence-electron chi connectivity index (χ2n) is 5.73. The zero-order valence-corrected chi connectivity index (χ0v) is 17.4. The topological polar surface area (TPSA) is 118 Å². The normalized spacial score (nSPS) is 9.50. The van der Waals surface area contributed by atoms with Crippen LogP contribution in [0.15, 0.2) is 36.4 Å². The van der Waals surface area contributed by atoms with E-state index in [4.69, 9.17) is 14.2 Å². The summed E-state index contributed by atoms with van der Waals surface area (Å²) < 4.78 is 24.2. The number of methoxy groups -OCH3 is 4. The molecule has 2 aromatic rings. The first-order chi connectivity index (χ1) is 14.3. The van der Waals surface area contributed by atoms with Crippen LogP contribution in [-0.4, -0.2) is 57.9 Å². The Balaban J connectivity index is 0.000000311. The predicted molar refractivity (Wildman–Crippen MR) is 107 cm³/mol. The first-order valence-corrected chi connectivity index (χ1v) is 8.61. The van der Waals surface area contributed by atoms with Crippen LogP contribution in [0.4, 0.5) is 0 Å². The van der Waals surface area contributed by atoms with Crippen LogP contribution in [-0.2, 0) is 14.3 Å². The molecule has 9 nitrogen and oxygen atoms in total. The van der Waals surface area contributed by atoms with Crippen molar-refractivity contribution in [3.63, 3.8) is 0 Å². The van der Waals surface area contributed by atoms with Crippen molar-refractivity contribution in [1.82, 2.24) is 0 Å². The molecule has 0 bridgehead atoms. The third kappa shape index (κ3) is 7.01. The van der Waals surface area contributed by atoms with Crippen LogP contribution < -0.4 is 14.2 Å². The van der Waals surface area contributed by atoms with Gasteiger partial charge in [0.2, 0.25) is 0 Å². The van der Waals surface area contributed by atoms with Crippen molar-refractivity contribution in [2.75, 3.05) is 35.0 Å². The monoisotopic (exact) mass is 420 g/mol. The number of carbonyl (C=O) groups is 3. The van der Waals surface area contributed by atoms with Gasteiger partial charge in [0.25, 0.3) is 0 Å². The van der Waals surface area contributed by atoms with Crippen molar-refractivity contribution < 1.29 is 43.2 Å². The van der Waals surface area contributed by atoms with Crippen molar-refractivity contribution >= 4 is 17.7 Å². The minimum absolute atomic E-state index is 0.0685. The van der Waals surface area contributed by atoms with Gasteiger partial charge in [-0.25, -0.2) is 9.59 Å². The van der Waals surface area contributed by atoms with E-state index in [0.29, 0.717) is 28.4 Å². The Kier molecular flexibility index (Phi) is 9.67. The number of hydrogen-bond donors (Lipinski definition) is 1. The second kappa shape index (κ2) is 11.9. The van der Waals surface area contributed by atoms with Gasteiger partial charge in [-0.2, -0.15) is 0 Å². The number of esters is 2. The Bertz CT molecular complexity index is 890. The molecule has 162 valence electrons. The minimum atomic E-state index is -0.488. The molecule has 0 heterocycles. The number of benzene rings is 2. The molecule has 0 aliphatic heterocycles. The molecule has 0 aliphatic rings. The van der Waals surface area contributed by atoms with Gasteiger partial charge in [0.05, 0.1) is 39.6 Å². The van der Waals surface area contributed by atoms with E-state index in [2.05, 4.69) is 9.47 Å². The lowest BCUT2D eigenvalue weighted by molar-refractivity contribution is -0.118. The van der Waals surface area contributed by atoms with Crippen LogP contribution in [0.3, 0.4) is 0 Å². The van der Waals surface area contributed by atoms with E-state index < -0.39 is 11.9 Å². The largest absolute Gasteiger partial charge is 0.504 e. The lowest BCUT2D eigenvalue weighted by Gasteiger charge is -2.10. The van der Waals surface area contributed by atoms with Gasteiger partial charge in [0, 0.05) is 0 Å². The van der Waals surface area contributed by atoms with Gasteiger partial charge in [-0.05, 0) is 43.3 Å². The van der Waals surface area contributed by atoms with E-state index in [1.165, 1.54) is 59.6 Å². The Morgan fingerprint density at radius 3 is 1.70 bits per heavy atom. The molecule has 0 saturated carbocycles. The van der Waals surface area contributed by atoms with Gasteiger partial charge in [0.1, 0.15) is 6.61 Å². The van der Waals surface area contributed by atoms with Crippen LogP contribution in [0.5, 0.6) is 23.0 Å². The maximum Gasteiger partial charge on any atom is 0.337 e. The van der Waals surface area contributed by atoms with Gasteiger partial charge in [0.15, 0.2) is 28.8 Å². The van der Waals surface area contributed by atoms with Crippen LogP contribution >= 0.6 is 0 Å². The highest BCUT2D eigenvalue weighted by molar-refractivity contribution is 5.90. The molecule has 9 heteroatoms. The van der Waals surface area contributed by atoms with E-state index in [9.17, 15) is 19.5 Å². The lowest BCUT2D eigenvalue weighted by Crippen LogP contribution is -2.08. The fourth-order valence-electron chi connectivity index (χ4n) is 2.15. The van der Waals surface area contributed by atoms with Crippen molar-refractivity contribution in [1.29, 1.82) is 0 Å². The van der Waals surface area contributed by atoms with Crippen LogP contribution in [0.2, 0.25) is 0 Å². The lowest BCUT2D eigenvalue weighted by atomic mass is 10.2. The second-order valence-corrected chi connectivity index (χ2v) is 5.73. The third-order valence-corrected chi connectivity index (χ3v) is 3.62. The molecule has 0 aliphatic carbocycles. The summed E-state index contributed by atoms with van der Waals surface area (Å²) in [7, 11) is 5.49. The summed E-state index contributed by atoms with van der Waals surface area (Å²) >= 11 is 0. The Morgan fingerprint density at radius 2 is 1.27 bits per heavy atom. The van der Waals surface area contributed by atoms with Crippen molar-refractivity contribution in [2.45, 2.75) is 6.92 Å². The highest BCUT2D eigenvalue weighted by Gasteiger charge is 2.12. The van der Waals surface area contributed by atoms with Gasteiger partial charge < -0.3 is 28.8 Å². The molecule has 0 atom stereocenters. The van der Waals surface area contributed by atoms with Crippen molar-refractivity contribution in [3.8, 4) is 23.0 Å². The molecule has 0 fully saturated rings. The molecule has 0 radical (unpaired) electrons. The quantitative estimate of drug-likeness (QED) is 0.674. The van der Waals surface area contributed by atoms with Crippen LogP contribution in [0, 0.1) is 0 Å². The van der Waals surface area contributed by atoms with Gasteiger partial charge in [-0.15, -0.1) is 0 Å². The average Bonchev–Trinajstić information content (AvgIpc) is 2.76. The Morgan fingerprint density at radius 1 is 0.767 bits per heavy atom. The summed E-state index contributed by atoms with van der Waals surface area (Å²) in [5.41, 5.74) is 0.632. The summed E-state index contributed by atoms with van der Waals surface area (Å²) in [6, 6.07) is 8.94. The molecule has 0 unspecified atom stereocenters. The molecular formula is C21H24O9. The van der Waals surface area contributed by atoms with E-state index in [0.717, 1.165) is 0 Å². The number of carbonyl (C=O) groups excluding carboxylic acids is 3. The summed E-state index contributed by atoms with van der Waals surface area (Å²) in [6.45, 7) is 1.34. The maximum absolute atomic E-state index is 11.3. The minimum Gasteiger partial charge on any atom is -0.504 e. The third-order valence-electron chi connectivity index (χ3n) is 3.62. The summed E-state index contributed by atoms with van der Waals surface area (Å²) in [5, 5.41) is 9.30. The SMILES string of the molecule is COC(=O)c1ccc(OC)c(O)c1.COC(=O)c1ccc(OC)c(OCC(C)=O)c1. The number of phenolic OH excluding ortho intramolecular Hbond substituents is 1. The Labute approximate surface area is 174 Å². The highest BCUT2D eigenvalue weighted by atomic mass is 16.5. The molecule has 0 aromatic heterocycles.